The first-order chi connectivity index (χ1) is 7.33. The molecule has 1 aromatic rings. The zero-order valence-corrected chi connectivity index (χ0v) is 15.1. The van der Waals surface area contributed by atoms with Crippen LogP contribution in [-0.2, 0) is 0 Å². The monoisotopic (exact) mass is 338 g/mol. The van der Waals surface area contributed by atoms with Crippen molar-refractivity contribution >= 4 is 35.3 Å². The van der Waals surface area contributed by atoms with Crippen molar-refractivity contribution in [1.29, 1.82) is 0 Å². The third-order valence-corrected chi connectivity index (χ3v) is 15.3. The molecular formula is C14H22Ge2. The summed E-state index contributed by atoms with van der Waals surface area (Å²) < 4.78 is 3.03. The van der Waals surface area contributed by atoms with Gasteiger partial charge in [0, 0.05) is 0 Å². The van der Waals surface area contributed by atoms with E-state index in [2.05, 4.69) is 70.3 Å². The molecule has 0 saturated carbocycles. The van der Waals surface area contributed by atoms with E-state index in [4.69, 9.17) is 0 Å². The van der Waals surface area contributed by atoms with Gasteiger partial charge in [-0.25, -0.2) is 0 Å². The van der Waals surface area contributed by atoms with Gasteiger partial charge in [-0.3, -0.25) is 0 Å². The Kier molecular flexibility index (Phi) is 4.30. The molecule has 0 spiro atoms. The number of benzene rings is 1. The zero-order chi connectivity index (χ0) is 12.4. The summed E-state index contributed by atoms with van der Waals surface area (Å²) >= 11 is -3.79. The van der Waals surface area contributed by atoms with Gasteiger partial charge >= 0.3 is 106 Å². The Morgan fingerprint density at radius 3 is 1.19 bits per heavy atom. The SMILES string of the molecule is C=[CH][Ge]([CH3])([CH3])[c]1cc[c]([Ge]([CH3])([CH3])[CH]=C)cc1. The number of hydrogen-bond acceptors (Lipinski definition) is 0. The molecule has 86 valence electrons. The number of rotatable bonds is 4. The van der Waals surface area contributed by atoms with Gasteiger partial charge < -0.3 is 0 Å². The van der Waals surface area contributed by atoms with Crippen LogP contribution in [0.15, 0.2) is 47.2 Å². The second-order valence-electron chi connectivity index (χ2n) is 5.43. The van der Waals surface area contributed by atoms with Crippen LogP contribution in [0, 0.1) is 0 Å². The van der Waals surface area contributed by atoms with Crippen molar-refractivity contribution in [3.8, 4) is 0 Å². The maximum atomic E-state index is 3.97. The van der Waals surface area contributed by atoms with E-state index in [1.807, 2.05) is 0 Å². The molecule has 0 saturated heterocycles. The number of hydrogen-bond donors (Lipinski definition) is 0. The molecule has 0 radical (unpaired) electrons. The van der Waals surface area contributed by atoms with Crippen LogP contribution in [0.4, 0.5) is 0 Å². The molecule has 0 aliphatic rings. The van der Waals surface area contributed by atoms with Crippen LogP contribution in [0.3, 0.4) is 0 Å². The van der Waals surface area contributed by atoms with Crippen LogP contribution in [0.25, 0.3) is 0 Å². The van der Waals surface area contributed by atoms with Crippen LogP contribution in [-0.4, -0.2) is 26.5 Å². The Morgan fingerprint density at radius 1 is 0.750 bits per heavy atom. The van der Waals surface area contributed by atoms with Crippen molar-refractivity contribution in [3.63, 3.8) is 0 Å². The van der Waals surface area contributed by atoms with Gasteiger partial charge in [0.15, 0.2) is 0 Å². The van der Waals surface area contributed by atoms with Crippen molar-refractivity contribution in [2.75, 3.05) is 0 Å². The maximum absolute atomic E-state index is 3.97. The fraction of sp³-hybridized carbons (Fsp3) is 0.286. The molecule has 2 heteroatoms. The summed E-state index contributed by atoms with van der Waals surface area (Å²) in [4.78, 5) is 4.38. The molecule has 0 aliphatic carbocycles. The van der Waals surface area contributed by atoms with E-state index < -0.39 is 26.5 Å². The van der Waals surface area contributed by atoms with Gasteiger partial charge in [0.25, 0.3) is 0 Å². The fourth-order valence-electron chi connectivity index (χ4n) is 1.57. The molecule has 0 aromatic heterocycles. The Morgan fingerprint density at radius 2 is 1.00 bits per heavy atom. The minimum absolute atomic E-state index is 1.51. The van der Waals surface area contributed by atoms with Crippen LogP contribution < -0.4 is 8.79 Å². The standard InChI is InChI=1S/C14H22Ge2/c1-7-15(3,4)13-9-11-14(12-10-13)16(5,6)8-2/h7-12H,1-2H2,3-6H3. The molecule has 1 aromatic carbocycles. The first kappa shape index (κ1) is 13.8. The van der Waals surface area contributed by atoms with Gasteiger partial charge in [-0.2, -0.15) is 0 Å². The quantitative estimate of drug-likeness (QED) is 0.742. The Hall–Kier alpha value is -0.214. The van der Waals surface area contributed by atoms with Crippen molar-refractivity contribution in [2.24, 2.45) is 0 Å². The molecular weight excluding hydrogens is 313 g/mol. The third kappa shape index (κ3) is 2.92. The average molecular weight is 336 g/mol. The van der Waals surface area contributed by atoms with E-state index in [9.17, 15) is 0 Å². The Labute approximate surface area is 105 Å². The molecule has 1 rings (SSSR count). The van der Waals surface area contributed by atoms with E-state index >= 15 is 0 Å². The van der Waals surface area contributed by atoms with E-state index in [-0.39, 0.29) is 0 Å². The average Bonchev–Trinajstić information content (AvgIpc) is 2.29. The second-order valence-corrected chi connectivity index (χ2v) is 24.0. The Bertz CT molecular complexity index is 347. The van der Waals surface area contributed by atoms with E-state index in [1.54, 1.807) is 0 Å². The minimum atomic E-state index is -1.89. The molecule has 0 nitrogen and oxygen atoms in total. The summed E-state index contributed by atoms with van der Waals surface area (Å²) in [6, 6.07) is 9.25. The van der Waals surface area contributed by atoms with E-state index in [0.29, 0.717) is 0 Å². The van der Waals surface area contributed by atoms with Gasteiger partial charge in [0.05, 0.1) is 0 Å². The molecule has 0 heterocycles. The summed E-state index contributed by atoms with van der Waals surface area (Å²) in [5.74, 6) is 9.51. The molecule has 0 amide bonds. The molecule has 0 N–H and O–H groups in total. The summed E-state index contributed by atoms with van der Waals surface area (Å²) in [5, 5.41) is 0. The molecule has 0 atom stereocenters. The normalized spacial score (nSPS) is 12.2. The topological polar surface area (TPSA) is 0 Å². The third-order valence-electron chi connectivity index (χ3n) is 3.39. The van der Waals surface area contributed by atoms with Crippen molar-refractivity contribution in [2.45, 2.75) is 23.0 Å². The summed E-state index contributed by atoms with van der Waals surface area (Å²) in [7, 11) is 0. The van der Waals surface area contributed by atoms with Crippen LogP contribution in [0.2, 0.25) is 23.0 Å². The van der Waals surface area contributed by atoms with Crippen molar-refractivity contribution in [1.82, 2.24) is 0 Å². The van der Waals surface area contributed by atoms with Crippen molar-refractivity contribution < 1.29 is 0 Å². The van der Waals surface area contributed by atoms with Gasteiger partial charge in [0.1, 0.15) is 0 Å². The first-order valence-electron chi connectivity index (χ1n) is 5.72. The molecule has 0 bridgehead atoms. The predicted molar refractivity (Wildman–Crippen MR) is 81.1 cm³/mol. The summed E-state index contributed by atoms with van der Waals surface area (Å²) in [6.45, 7) is 7.95. The van der Waals surface area contributed by atoms with Gasteiger partial charge in [-0.1, -0.05) is 0 Å². The molecule has 0 fully saturated rings. The first-order valence-corrected chi connectivity index (χ1v) is 18.6. The molecule has 16 heavy (non-hydrogen) atoms. The van der Waals surface area contributed by atoms with E-state index in [0.717, 1.165) is 0 Å². The predicted octanol–water partition coefficient (Wildman–Crippen LogP) is 2.97. The second kappa shape index (κ2) is 4.97. The Balaban J connectivity index is 3.09. The van der Waals surface area contributed by atoms with Crippen LogP contribution >= 0.6 is 0 Å². The van der Waals surface area contributed by atoms with Crippen LogP contribution in [0.1, 0.15) is 0 Å². The van der Waals surface area contributed by atoms with Crippen LogP contribution in [0.5, 0.6) is 0 Å². The van der Waals surface area contributed by atoms with Gasteiger partial charge in [-0.05, 0) is 0 Å². The van der Waals surface area contributed by atoms with E-state index in [1.165, 1.54) is 8.79 Å². The summed E-state index contributed by atoms with van der Waals surface area (Å²) in [5.41, 5.74) is 0. The van der Waals surface area contributed by atoms with Crippen molar-refractivity contribution in [3.05, 3.63) is 47.2 Å². The van der Waals surface area contributed by atoms with Gasteiger partial charge in [-0.15, -0.1) is 0 Å². The molecule has 0 aliphatic heterocycles. The zero-order valence-electron chi connectivity index (χ0n) is 10.9. The fourth-order valence-corrected chi connectivity index (χ4v) is 6.86. The van der Waals surface area contributed by atoms with Gasteiger partial charge in [0.2, 0.25) is 0 Å². The molecule has 0 unspecified atom stereocenters. The summed E-state index contributed by atoms with van der Waals surface area (Å²) in [6.07, 6.45) is 0.